The maximum atomic E-state index is 11.5. The van der Waals surface area contributed by atoms with E-state index in [-0.39, 0.29) is 73.4 Å². The average Bonchev–Trinajstić information content (AvgIpc) is 2.34. The molecule has 0 aromatic heterocycles. The smallest absolute Gasteiger partial charge is 1.00 e. The van der Waals surface area contributed by atoms with Gasteiger partial charge in [-0.1, -0.05) is 64.7 Å². The van der Waals surface area contributed by atoms with Crippen molar-refractivity contribution < 1.29 is 71.5 Å². The molecule has 2 nitrogen and oxygen atoms in total. The van der Waals surface area contributed by atoms with Crippen molar-refractivity contribution in [2.45, 2.75) is 91.9 Å². The molecule has 4 heteroatoms. The SMILES string of the molecule is CCCCCCCCCCCCOC(=O)C(C)(C)C.[H-].[H-].[Na+].[Na+]. The van der Waals surface area contributed by atoms with Crippen molar-refractivity contribution in [2.24, 2.45) is 5.41 Å². The van der Waals surface area contributed by atoms with Gasteiger partial charge in [0.2, 0.25) is 0 Å². The Hall–Kier alpha value is 1.47. The van der Waals surface area contributed by atoms with Crippen LogP contribution >= 0.6 is 0 Å². The second-order valence-electron chi connectivity index (χ2n) is 6.57. The zero-order valence-corrected chi connectivity index (χ0v) is 19.6. The molecule has 0 aliphatic rings. The molecular formula is C17H36Na2O2. The van der Waals surface area contributed by atoms with Gasteiger partial charge in [0.25, 0.3) is 0 Å². The van der Waals surface area contributed by atoms with Crippen molar-refractivity contribution in [1.29, 1.82) is 0 Å². The minimum Gasteiger partial charge on any atom is -1.00 e. The van der Waals surface area contributed by atoms with Crippen molar-refractivity contribution in [1.82, 2.24) is 0 Å². The van der Waals surface area contributed by atoms with Crippen LogP contribution in [0.2, 0.25) is 0 Å². The molecule has 0 heterocycles. The van der Waals surface area contributed by atoms with E-state index >= 15 is 0 Å². The molecule has 0 aliphatic carbocycles. The molecule has 0 bridgehead atoms. The fraction of sp³-hybridized carbons (Fsp3) is 0.941. The molecule has 0 amide bonds. The largest absolute Gasteiger partial charge is 1.00 e. The van der Waals surface area contributed by atoms with Crippen LogP contribution in [0.1, 0.15) is 94.8 Å². The molecule has 118 valence electrons. The van der Waals surface area contributed by atoms with E-state index in [0.717, 1.165) is 6.42 Å². The third kappa shape index (κ3) is 19.4. The molecule has 0 saturated carbocycles. The minimum absolute atomic E-state index is 0. The summed E-state index contributed by atoms with van der Waals surface area (Å²) in [6.45, 7) is 8.54. The number of carbonyl (C=O) groups excluding carboxylic acids is 1. The van der Waals surface area contributed by atoms with Crippen molar-refractivity contribution in [3.05, 3.63) is 0 Å². The van der Waals surface area contributed by atoms with Gasteiger partial charge in [-0.05, 0) is 27.2 Å². The molecule has 0 radical (unpaired) electrons. The molecule has 0 aliphatic heterocycles. The third-order valence-corrected chi connectivity index (χ3v) is 3.34. The number of hydrogen-bond acceptors (Lipinski definition) is 2. The zero-order chi connectivity index (χ0) is 14.6. The van der Waals surface area contributed by atoms with E-state index < -0.39 is 0 Å². The van der Waals surface area contributed by atoms with E-state index in [1.807, 2.05) is 20.8 Å². The van der Waals surface area contributed by atoms with Crippen LogP contribution < -0.4 is 59.1 Å². The molecule has 0 rings (SSSR count). The van der Waals surface area contributed by atoms with Gasteiger partial charge in [-0.25, -0.2) is 0 Å². The fourth-order valence-corrected chi connectivity index (χ4v) is 1.97. The van der Waals surface area contributed by atoms with Crippen LogP contribution in [-0.2, 0) is 9.53 Å². The predicted octanol–water partition coefficient (Wildman–Crippen LogP) is -0.270. The summed E-state index contributed by atoms with van der Waals surface area (Å²) >= 11 is 0. The maximum Gasteiger partial charge on any atom is 1.00 e. The van der Waals surface area contributed by atoms with Gasteiger partial charge in [0.15, 0.2) is 0 Å². The summed E-state index contributed by atoms with van der Waals surface area (Å²) in [6, 6.07) is 0. The van der Waals surface area contributed by atoms with Crippen LogP contribution in [0, 0.1) is 5.41 Å². The summed E-state index contributed by atoms with van der Waals surface area (Å²) in [4.78, 5) is 11.5. The van der Waals surface area contributed by atoms with Crippen LogP contribution in [0.4, 0.5) is 0 Å². The first kappa shape index (κ1) is 27.3. The van der Waals surface area contributed by atoms with E-state index in [0.29, 0.717) is 6.61 Å². The van der Waals surface area contributed by atoms with Gasteiger partial charge < -0.3 is 7.59 Å². The molecule has 0 atom stereocenters. The normalized spacial score (nSPS) is 10.5. The first-order chi connectivity index (χ1) is 8.98. The number of unbranched alkanes of at least 4 members (excludes halogenated alkanes) is 9. The molecule has 0 aromatic rings. The standard InChI is InChI=1S/C17H34O2.2Na.2H/c1-5-6-7-8-9-10-11-12-13-14-15-19-16(18)17(2,3)4;;;;/h5-15H2,1-4H3;;;;/q;2*+1;2*-1. The number of esters is 1. The first-order valence-electron chi connectivity index (χ1n) is 8.15. The Balaban J connectivity index is -0.000000270. The van der Waals surface area contributed by atoms with Crippen molar-refractivity contribution >= 4 is 5.97 Å². The van der Waals surface area contributed by atoms with Gasteiger partial charge in [0.05, 0.1) is 12.0 Å². The quantitative estimate of drug-likeness (QED) is 0.298. The summed E-state index contributed by atoms with van der Waals surface area (Å²) in [5, 5.41) is 0. The molecule has 0 aromatic carbocycles. The van der Waals surface area contributed by atoms with Crippen LogP contribution in [0.5, 0.6) is 0 Å². The number of hydrogen-bond donors (Lipinski definition) is 0. The molecule has 0 fully saturated rings. The van der Waals surface area contributed by atoms with Crippen molar-refractivity contribution in [3.63, 3.8) is 0 Å². The summed E-state index contributed by atoms with van der Waals surface area (Å²) in [5.41, 5.74) is -0.363. The summed E-state index contributed by atoms with van der Waals surface area (Å²) in [5.74, 6) is -0.0802. The third-order valence-electron chi connectivity index (χ3n) is 3.34. The maximum absolute atomic E-state index is 11.5. The Morgan fingerprint density at radius 1 is 0.810 bits per heavy atom. The van der Waals surface area contributed by atoms with E-state index in [1.54, 1.807) is 0 Å². The molecular weight excluding hydrogens is 282 g/mol. The molecule has 21 heavy (non-hydrogen) atoms. The Kier molecular flexibility index (Phi) is 23.2. The Morgan fingerprint density at radius 3 is 1.57 bits per heavy atom. The number of carbonyl (C=O) groups is 1. The summed E-state index contributed by atoms with van der Waals surface area (Å²) < 4.78 is 5.24. The van der Waals surface area contributed by atoms with Gasteiger partial charge >= 0.3 is 65.1 Å². The Morgan fingerprint density at radius 2 is 1.19 bits per heavy atom. The van der Waals surface area contributed by atoms with Crippen LogP contribution in [0.25, 0.3) is 0 Å². The topological polar surface area (TPSA) is 26.3 Å². The second-order valence-corrected chi connectivity index (χ2v) is 6.57. The summed E-state index contributed by atoms with van der Waals surface area (Å²) in [7, 11) is 0. The molecule has 0 saturated heterocycles. The first-order valence-corrected chi connectivity index (χ1v) is 8.15. The van der Waals surface area contributed by atoms with Crippen molar-refractivity contribution in [2.75, 3.05) is 6.61 Å². The Labute approximate surface area is 180 Å². The van der Waals surface area contributed by atoms with Crippen LogP contribution in [-0.4, -0.2) is 12.6 Å². The van der Waals surface area contributed by atoms with E-state index in [4.69, 9.17) is 4.74 Å². The second kappa shape index (κ2) is 17.8. The van der Waals surface area contributed by atoms with Gasteiger partial charge in [-0.3, -0.25) is 4.79 Å². The molecule has 0 N–H and O–H groups in total. The monoisotopic (exact) mass is 318 g/mol. The minimum atomic E-state index is -0.363. The van der Waals surface area contributed by atoms with E-state index in [1.165, 1.54) is 57.8 Å². The number of rotatable bonds is 11. The van der Waals surface area contributed by atoms with Crippen molar-refractivity contribution in [3.8, 4) is 0 Å². The van der Waals surface area contributed by atoms with E-state index in [9.17, 15) is 4.79 Å². The van der Waals surface area contributed by atoms with Crippen LogP contribution in [0.3, 0.4) is 0 Å². The van der Waals surface area contributed by atoms with Gasteiger partial charge in [-0.15, -0.1) is 0 Å². The van der Waals surface area contributed by atoms with Gasteiger partial charge in [0.1, 0.15) is 0 Å². The molecule has 0 spiro atoms. The van der Waals surface area contributed by atoms with E-state index in [2.05, 4.69) is 6.92 Å². The predicted molar refractivity (Wildman–Crippen MR) is 84.5 cm³/mol. The Bertz CT molecular complexity index is 235. The number of ether oxygens (including phenoxy) is 1. The molecule has 0 unspecified atom stereocenters. The van der Waals surface area contributed by atoms with Gasteiger partial charge in [0, 0.05) is 0 Å². The summed E-state index contributed by atoms with van der Waals surface area (Å²) in [6.07, 6.45) is 13.1. The fourth-order valence-electron chi connectivity index (χ4n) is 1.97. The zero-order valence-electron chi connectivity index (χ0n) is 17.6. The average molecular weight is 318 g/mol. The van der Waals surface area contributed by atoms with Gasteiger partial charge in [-0.2, -0.15) is 0 Å². The van der Waals surface area contributed by atoms with Crippen LogP contribution in [0.15, 0.2) is 0 Å².